The van der Waals surface area contributed by atoms with Gasteiger partial charge in [-0.2, -0.15) is 0 Å². The average molecular weight is 355 g/mol. The largest absolute Gasteiger partial charge is 0.354 e. The Morgan fingerprint density at radius 2 is 1.26 bits per heavy atom. The second-order valence-electron chi connectivity index (χ2n) is 7.69. The minimum Gasteiger partial charge on any atom is -0.354 e. The van der Waals surface area contributed by atoms with Gasteiger partial charge in [-0.05, 0) is 36.5 Å². The molecule has 0 spiro atoms. The highest BCUT2D eigenvalue weighted by Crippen LogP contribution is 2.48. The molecule has 4 rings (SSSR count). The Kier molecular flexibility index (Phi) is 4.57. The van der Waals surface area contributed by atoms with Crippen molar-refractivity contribution in [3.05, 3.63) is 108 Å². The molecule has 0 heterocycles. The van der Waals surface area contributed by atoms with Crippen molar-refractivity contribution in [1.29, 1.82) is 0 Å². The molecule has 0 bridgehead atoms. The third-order valence-corrected chi connectivity index (χ3v) is 5.94. The van der Waals surface area contributed by atoms with Gasteiger partial charge in [-0.1, -0.05) is 91.0 Å². The van der Waals surface area contributed by atoms with E-state index in [4.69, 9.17) is 0 Å². The van der Waals surface area contributed by atoms with Crippen molar-refractivity contribution in [3.63, 3.8) is 0 Å². The van der Waals surface area contributed by atoms with Crippen LogP contribution in [0.4, 0.5) is 0 Å². The average Bonchev–Trinajstić information content (AvgIpc) is 3.56. The Morgan fingerprint density at radius 3 is 1.70 bits per heavy atom. The summed E-state index contributed by atoms with van der Waals surface area (Å²) in [5.41, 5.74) is 2.94. The summed E-state index contributed by atoms with van der Waals surface area (Å²) in [6.07, 6.45) is 1.85. The van der Waals surface area contributed by atoms with Crippen molar-refractivity contribution in [2.45, 2.75) is 30.6 Å². The first-order chi connectivity index (χ1) is 13.2. The Balaban J connectivity index is 1.59. The van der Waals surface area contributed by atoms with Gasteiger partial charge in [-0.25, -0.2) is 0 Å². The van der Waals surface area contributed by atoms with Crippen molar-refractivity contribution in [1.82, 2.24) is 5.32 Å². The zero-order chi connectivity index (χ0) is 18.7. The van der Waals surface area contributed by atoms with Crippen molar-refractivity contribution in [2.75, 3.05) is 6.54 Å². The molecule has 3 aromatic carbocycles. The van der Waals surface area contributed by atoms with Crippen molar-refractivity contribution >= 4 is 5.91 Å². The van der Waals surface area contributed by atoms with Crippen LogP contribution in [-0.2, 0) is 15.6 Å². The Labute approximate surface area is 161 Å². The van der Waals surface area contributed by atoms with Crippen LogP contribution in [0.2, 0.25) is 0 Å². The minimum atomic E-state index is -0.338. The van der Waals surface area contributed by atoms with Gasteiger partial charge in [0, 0.05) is 12.0 Å². The van der Waals surface area contributed by atoms with Crippen LogP contribution in [0, 0.1) is 0 Å². The van der Waals surface area contributed by atoms with Crippen LogP contribution >= 0.6 is 0 Å². The molecule has 3 aromatic rings. The summed E-state index contributed by atoms with van der Waals surface area (Å²) < 4.78 is 0. The predicted octanol–water partition coefficient (Wildman–Crippen LogP) is 4.84. The van der Waals surface area contributed by atoms with E-state index >= 15 is 0 Å². The monoisotopic (exact) mass is 355 g/mol. The zero-order valence-corrected chi connectivity index (χ0v) is 15.7. The molecule has 0 unspecified atom stereocenters. The molecule has 2 nitrogen and oxygen atoms in total. The fourth-order valence-electron chi connectivity index (χ4n) is 3.94. The van der Waals surface area contributed by atoms with Gasteiger partial charge >= 0.3 is 0 Å². The second-order valence-corrected chi connectivity index (χ2v) is 7.69. The number of amides is 1. The summed E-state index contributed by atoms with van der Waals surface area (Å²) in [6.45, 7) is 2.79. The van der Waals surface area contributed by atoms with Gasteiger partial charge in [-0.15, -0.1) is 0 Å². The Morgan fingerprint density at radius 1 is 0.815 bits per heavy atom. The van der Waals surface area contributed by atoms with E-state index in [1.165, 1.54) is 11.1 Å². The van der Waals surface area contributed by atoms with Crippen LogP contribution in [0.15, 0.2) is 91.0 Å². The molecule has 1 aliphatic carbocycles. The quantitative estimate of drug-likeness (QED) is 0.673. The molecule has 0 atom stereocenters. The van der Waals surface area contributed by atoms with Crippen LogP contribution in [0.5, 0.6) is 0 Å². The van der Waals surface area contributed by atoms with E-state index in [0.29, 0.717) is 6.54 Å². The van der Waals surface area contributed by atoms with Gasteiger partial charge in [0.1, 0.15) is 0 Å². The molecule has 1 saturated carbocycles. The molecule has 136 valence electrons. The van der Waals surface area contributed by atoms with Crippen LogP contribution in [0.3, 0.4) is 0 Å². The minimum absolute atomic E-state index is 0.145. The van der Waals surface area contributed by atoms with Crippen molar-refractivity contribution in [3.8, 4) is 0 Å². The molecule has 0 aromatic heterocycles. The SMILES string of the molecule is CC(CNC(=O)C1(c2ccccc2)CC1)(c1ccccc1)c1ccccc1. The molecule has 2 heteroatoms. The van der Waals surface area contributed by atoms with Gasteiger partial charge < -0.3 is 5.32 Å². The smallest absolute Gasteiger partial charge is 0.230 e. The number of carbonyl (C=O) groups is 1. The van der Waals surface area contributed by atoms with Gasteiger partial charge in [0.25, 0.3) is 0 Å². The molecule has 1 N–H and O–H groups in total. The number of benzene rings is 3. The maximum Gasteiger partial charge on any atom is 0.230 e. The number of rotatable bonds is 6. The second kappa shape index (κ2) is 7.03. The van der Waals surface area contributed by atoms with E-state index < -0.39 is 0 Å². The van der Waals surface area contributed by atoms with E-state index in [2.05, 4.69) is 72.9 Å². The lowest BCUT2D eigenvalue weighted by Gasteiger charge is -2.32. The fraction of sp³-hybridized carbons (Fsp3) is 0.240. The first kappa shape index (κ1) is 17.5. The molecule has 0 radical (unpaired) electrons. The first-order valence-corrected chi connectivity index (χ1v) is 9.60. The number of hydrogen-bond acceptors (Lipinski definition) is 1. The van der Waals surface area contributed by atoms with E-state index in [0.717, 1.165) is 18.4 Å². The van der Waals surface area contributed by atoms with Gasteiger partial charge in [0.2, 0.25) is 5.91 Å². The van der Waals surface area contributed by atoms with Crippen LogP contribution in [0.25, 0.3) is 0 Å². The van der Waals surface area contributed by atoms with Crippen LogP contribution in [0.1, 0.15) is 36.5 Å². The van der Waals surface area contributed by atoms with E-state index in [1.807, 2.05) is 30.3 Å². The predicted molar refractivity (Wildman–Crippen MR) is 110 cm³/mol. The van der Waals surface area contributed by atoms with E-state index in [9.17, 15) is 4.79 Å². The topological polar surface area (TPSA) is 29.1 Å². The Bertz CT molecular complexity index is 859. The van der Waals surface area contributed by atoms with E-state index in [-0.39, 0.29) is 16.7 Å². The van der Waals surface area contributed by atoms with Gasteiger partial charge in [0.05, 0.1) is 5.41 Å². The Hall–Kier alpha value is -2.87. The van der Waals surface area contributed by atoms with E-state index in [1.54, 1.807) is 0 Å². The fourth-order valence-corrected chi connectivity index (χ4v) is 3.94. The summed E-state index contributed by atoms with van der Waals surface area (Å²) in [5, 5.41) is 3.28. The number of nitrogens with one attached hydrogen (secondary N) is 1. The van der Waals surface area contributed by atoms with Crippen LogP contribution in [-0.4, -0.2) is 12.5 Å². The highest BCUT2D eigenvalue weighted by molar-refractivity contribution is 5.91. The molecule has 1 amide bonds. The lowest BCUT2D eigenvalue weighted by Crippen LogP contribution is -2.43. The molecule has 0 saturated heterocycles. The summed E-state index contributed by atoms with van der Waals surface area (Å²) in [4.78, 5) is 13.1. The summed E-state index contributed by atoms with van der Waals surface area (Å²) in [6, 6.07) is 31.0. The van der Waals surface area contributed by atoms with Crippen molar-refractivity contribution in [2.24, 2.45) is 0 Å². The third kappa shape index (κ3) is 3.28. The summed E-state index contributed by atoms with van der Waals surface area (Å²) >= 11 is 0. The standard InChI is InChI=1S/C25H25NO/c1-24(20-11-5-2-6-12-20,21-13-7-3-8-14-21)19-26-23(27)25(17-18-25)22-15-9-4-10-16-22/h2-16H,17-19H2,1H3,(H,26,27). The maximum atomic E-state index is 13.1. The molecule has 1 fully saturated rings. The molecular weight excluding hydrogens is 330 g/mol. The molecular formula is C25H25NO. The summed E-state index contributed by atoms with van der Waals surface area (Å²) in [5.74, 6) is 0.145. The molecule has 27 heavy (non-hydrogen) atoms. The van der Waals surface area contributed by atoms with Crippen molar-refractivity contribution < 1.29 is 4.79 Å². The van der Waals surface area contributed by atoms with Gasteiger partial charge in [-0.3, -0.25) is 4.79 Å². The molecule has 0 aliphatic heterocycles. The normalized spacial score (nSPS) is 15.1. The van der Waals surface area contributed by atoms with Crippen LogP contribution < -0.4 is 5.32 Å². The molecule has 1 aliphatic rings. The highest BCUT2D eigenvalue weighted by atomic mass is 16.2. The highest BCUT2D eigenvalue weighted by Gasteiger charge is 2.51. The lowest BCUT2D eigenvalue weighted by atomic mass is 9.76. The first-order valence-electron chi connectivity index (χ1n) is 9.60. The maximum absolute atomic E-state index is 13.1. The zero-order valence-electron chi connectivity index (χ0n) is 15.7. The number of hydrogen-bond donors (Lipinski definition) is 1. The van der Waals surface area contributed by atoms with Gasteiger partial charge in [0.15, 0.2) is 0 Å². The third-order valence-electron chi connectivity index (χ3n) is 5.94. The number of carbonyl (C=O) groups excluding carboxylic acids is 1. The summed E-state index contributed by atoms with van der Waals surface area (Å²) in [7, 11) is 0. The lowest BCUT2D eigenvalue weighted by molar-refractivity contribution is -0.123.